The van der Waals surface area contributed by atoms with Crippen LogP contribution in [-0.2, 0) is 19.7 Å². The van der Waals surface area contributed by atoms with E-state index >= 15 is 0 Å². The van der Waals surface area contributed by atoms with Crippen molar-refractivity contribution in [2.45, 2.75) is 49.0 Å². The molecule has 3 aromatic carbocycles. The topological polar surface area (TPSA) is 141 Å². The molecule has 0 saturated carbocycles. The summed E-state index contributed by atoms with van der Waals surface area (Å²) >= 11 is 0. The van der Waals surface area contributed by atoms with Crippen molar-refractivity contribution in [3.63, 3.8) is 0 Å². The van der Waals surface area contributed by atoms with E-state index in [0.717, 1.165) is 11.6 Å². The van der Waals surface area contributed by atoms with Gasteiger partial charge >= 0.3 is 17.8 Å². The number of rotatable bonds is 13. The zero-order valence-corrected chi connectivity index (χ0v) is 26.7. The normalized spacial score (nSPS) is 18.5. The summed E-state index contributed by atoms with van der Waals surface area (Å²) in [6.45, 7) is -0.489. The van der Waals surface area contributed by atoms with E-state index in [4.69, 9.17) is 18.9 Å². The fourth-order valence-corrected chi connectivity index (χ4v) is 6.23. The van der Waals surface area contributed by atoms with Crippen LogP contribution in [0, 0.1) is 0 Å². The molecule has 4 aromatic rings. The molecular weight excluding hydrogens is 647 g/mol. The van der Waals surface area contributed by atoms with Crippen molar-refractivity contribution in [3.8, 4) is 11.5 Å². The van der Waals surface area contributed by atoms with Crippen molar-refractivity contribution in [2.75, 3.05) is 27.4 Å². The number of carbonyl (C=O) groups excluding carboxylic acids is 1. The summed E-state index contributed by atoms with van der Waals surface area (Å²) < 4.78 is 63.6. The van der Waals surface area contributed by atoms with Crippen LogP contribution in [0.1, 0.15) is 35.8 Å². The number of hydrogen-bond donors (Lipinski definition) is 3. The Hall–Kier alpha value is -4.92. The third kappa shape index (κ3) is 7.56. The lowest BCUT2D eigenvalue weighted by Gasteiger charge is -2.45. The number of H-pyrrole nitrogens is 1. The van der Waals surface area contributed by atoms with Crippen molar-refractivity contribution in [2.24, 2.45) is 0 Å². The SMILES string of the molecule is COc1ccc(C(c2ccccc2)(c2ccc(OC)cc2)C(OCCCNC(=O)C(F)(F)F)[C@H]2O[C@@H](n3ccc(=O)[nH]c3=O)C[C@@H]2O)cc1. The van der Waals surface area contributed by atoms with Gasteiger partial charge in [-0.1, -0.05) is 54.6 Å². The molecule has 11 nitrogen and oxygen atoms in total. The Kier molecular flexibility index (Phi) is 10.9. The van der Waals surface area contributed by atoms with Crippen LogP contribution in [0.4, 0.5) is 13.2 Å². The van der Waals surface area contributed by atoms with E-state index < -0.39 is 53.3 Å². The quantitative estimate of drug-likeness (QED) is 0.143. The van der Waals surface area contributed by atoms with Gasteiger partial charge in [0, 0.05) is 31.8 Å². The number of halogens is 3. The lowest BCUT2D eigenvalue weighted by molar-refractivity contribution is -0.173. The standard InChI is InChI=1S/C35H36F3N3O8/c1-46-25-13-9-23(10-14-25)34(22-7-4-3-5-8-22,24-11-15-26(47-2)16-12-24)31(48-20-6-18-39-32(44)35(36,37)38)30-27(42)21-29(49-30)41-19-17-28(43)40-33(41)45/h3-5,7-17,19,27,29-31,42H,6,18,20-21H2,1-2H3,(H,39,44)(H,40,43,45)/t27-,29+,30-,31?/m0/s1. The maximum absolute atomic E-state index is 12.8. The third-order valence-corrected chi connectivity index (χ3v) is 8.50. The number of aliphatic hydroxyl groups is 1. The van der Waals surface area contributed by atoms with Gasteiger partial charge in [-0.15, -0.1) is 0 Å². The van der Waals surface area contributed by atoms with Crippen molar-refractivity contribution in [3.05, 3.63) is 129 Å². The second kappa shape index (κ2) is 15.1. The predicted octanol–water partition coefficient (Wildman–Crippen LogP) is 3.69. The van der Waals surface area contributed by atoms with E-state index in [9.17, 15) is 32.7 Å². The van der Waals surface area contributed by atoms with Crippen LogP contribution in [-0.4, -0.2) is 72.4 Å². The molecule has 0 radical (unpaired) electrons. The van der Waals surface area contributed by atoms with E-state index in [-0.39, 0.29) is 26.0 Å². The fourth-order valence-electron chi connectivity index (χ4n) is 6.23. The number of nitrogens with one attached hydrogen (secondary N) is 2. The van der Waals surface area contributed by atoms with E-state index in [1.54, 1.807) is 24.3 Å². The summed E-state index contributed by atoms with van der Waals surface area (Å²) in [5.74, 6) is -0.913. The Morgan fingerprint density at radius 2 is 1.51 bits per heavy atom. The molecule has 3 N–H and O–H groups in total. The number of methoxy groups -OCH3 is 2. The van der Waals surface area contributed by atoms with Crippen molar-refractivity contribution < 1.29 is 42.0 Å². The van der Waals surface area contributed by atoms with E-state index in [1.165, 1.54) is 25.0 Å². The van der Waals surface area contributed by atoms with E-state index in [0.29, 0.717) is 22.6 Å². The smallest absolute Gasteiger partial charge is 0.471 e. The first-order chi connectivity index (χ1) is 23.5. The zero-order valence-electron chi connectivity index (χ0n) is 26.7. The summed E-state index contributed by atoms with van der Waals surface area (Å²) in [6.07, 6.45) is -8.25. The number of benzene rings is 3. The number of hydrogen-bond acceptors (Lipinski definition) is 8. The molecule has 260 valence electrons. The summed E-state index contributed by atoms with van der Waals surface area (Å²) in [7, 11) is 3.07. The van der Waals surface area contributed by atoms with E-state index in [2.05, 4.69) is 4.98 Å². The van der Waals surface area contributed by atoms with Crippen molar-refractivity contribution in [1.29, 1.82) is 0 Å². The predicted molar refractivity (Wildman–Crippen MR) is 172 cm³/mol. The molecule has 0 bridgehead atoms. The highest BCUT2D eigenvalue weighted by Crippen LogP contribution is 2.48. The van der Waals surface area contributed by atoms with E-state index in [1.807, 2.05) is 59.9 Å². The van der Waals surface area contributed by atoms with Gasteiger partial charge in [0.2, 0.25) is 0 Å². The molecule has 2 heterocycles. The molecule has 1 aliphatic heterocycles. The van der Waals surface area contributed by atoms with Gasteiger partial charge in [-0.2, -0.15) is 13.2 Å². The molecule has 5 rings (SSSR count). The fraction of sp³-hybridized carbons (Fsp3) is 0.343. The van der Waals surface area contributed by atoms with Crippen molar-refractivity contribution in [1.82, 2.24) is 14.9 Å². The number of amides is 1. The second-order valence-electron chi connectivity index (χ2n) is 11.4. The third-order valence-electron chi connectivity index (χ3n) is 8.50. The second-order valence-corrected chi connectivity index (χ2v) is 11.4. The molecule has 0 aliphatic carbocycles. The molecule has 1 fully saturated rings. The Morgan fingerprint density at radius 1 is 0.939 bits per heavy atom. The van der Waals surface area contributed by atoms with Crippen LogP contribution in [0.2, 0.25) is 0 Å². The van der Waals surface area contributed by atoms with Gasteiger partial charge in [0.05, 0.1) is 25.7 Å². The average Bonchev–Trinajstić information content (AvgIpc) is 3.48. The highest BCUT2D eigenvalue weighted by molar-refractivity contribution is 5.81. The van der Waals surface area contributed by atoms with Crippen LogP contribution in [0.25, 0.3) is 0 Å². The molecule has 1 aromatic heterocycles. The summed E-state index contributed by atoms with van der Waals surface area (Å²) in [4.78, 5) is 38.2. The highest BCUT2D eigenvalue weighted by atomic mass is 19.4. The van der Waals surface area contributed by atoms with Crippen LogP contribution in [0.15, 0.2) is 101 Å². The highest BCUT2D eigenvalue weighted by Gasteiger charge is 2.53. The summed E-state index contributed by atoms with van der Waals surface area (Å²) in [6, 6.07) is 25.0. The van der Waals surface area contributed by atoms with Crippen LogP contribution < -0.4 is 26.0 Å². The number of aromatic nitrogens is 2. The first-order valence-electron chi connectivity index (χ1n) is 15.4. The minimum Gasteiger partial charge on any atom is -0.497 e. The van der Waals surface area contributed by atoms with Gasteiger partial charge in [0.25, 0.3) is 5.56 Å². The molecule has 49 heavy (non-hydrogen) atoms. The monoisotopic (exact) mass is 683 g/mol. The Labute approximate surface area is 279 Å². The number of alkyl halides is 3. The molecular formula is C35H36F3N3O8. The molecule has 4 atom stereocenters. The number of ether oxygens (including phenoxy) is 4. The molecule has 1 aliphatic rings. The first kappa shape index (κ1) is 35.4. The van der Waals surface area contributed by atoms with Crippen LogP contribution in [0.3, 0.4) is 0 Å². The molecule has 1 amide bonds. The lowest BCUT2D eigenvalue weighted by Crippen LogP contribution is -2.53. The van der Waals surface area contributed by atoms with Gasteiger partial charge in [-0.3, -0.25) is 19.1 Å². The summed E-state index contributed by atoms with van der Waals surface area (Å²) in [5.41, 5.74) is -0.479. The van der Waals surface area contributed by atoms with Gasteiger partial charge in [-0.05, 0) is 47.4 Å². The maximum atomic E-state index is 12.8. The molecule has 1 unspecified atom stereocenters. The Morgan fingerprint density at radius 3 is 2.04 bits per heavy atom. The van der Waals surface area contributed by atoms with Gasteiger partial charge in [0.1, 0.15) is 29.9 Å². The lowest BCUT2D eigenvalue weighted by atomic mass is 9.64. The molecule has 0 spiro atoms. The number of nitrogens with zero attached hydrogens (tertiary/aromatic N) is 1. The minimum atomic E-state index is -5.04. The number of aliphatic hydroxyl groups excluding tert-OH is 1. The number of aromatic amines is 1. The van der Waals surface area contributed by atoms with Crippen molar-refractivity contribution >= 4 is 5.91 Å². The largest absolute Gasteiger partial charge is 0.497 e. The average molecular weight is 684 g/mol. The minimum absolute atomic E-state index is 0.0139. The van der Waals surface area contributed by atoms with Crippen LogP contribution in [0.5, 0.6) is 11.5 Å². The van der Waals surface area contributed by atoms with Gasteiger partial charge < -0.3 is 29.4 Å². The van der Waals surface area contributed by atoms with Crippen LogP contribution >= 0.6 is 0 Å². The molecule has 1 saturated heterocycles. The Balaban J connectivity index is 1.66. The Bertz CT molecular complexity index is 1760. The summed E-state index contributed by atoms with van der Waals surface area (Å²) in [5, 5.41) is 13.5. The first-order valence-corrected chi connectivity index (χ1v) is 15.4. The van der Waals surface area contributed by atoms with Gasteiger partial charge in [0.15, 0.2) is 0 Å². The van der Waals surface area contributed by atoms with Gasteiger partial charge in [-0.25, -0.2) is 4.79 Å². The maximum Gasteiger partial charge on any atom is 0.471 e. The number of carbonyl (C=O) groups is 1. The zero-order chi connectivity index (χ0) is 35.2. The molecule has 14 heteroatoms.